The molecule has 0 aliphatic carbocycles. The molecule has 26 heavy (non-hydrogen) atoms. The molecule has 0 saturated carbocycles. The summed E-state index contributed by atoms with van der Waals surface area (Å²) in [7, 11) is 0. The Kier molecular flexibility index (Phi) is 5.92. The van der Waals surface area contributed by atoms with Gasteiger partial charge in [-0.1, -0.05) is 0 Å². The number of rotatable bonds is 6. The standard InChI is InChI=1S/C17H18N4O4S/c22-21(23)13-5-3-12(4-6-13)16-8-7-15(25-16)11-19-20-17(26)18-10-14-2-1-9-24-14/h3-8,11,14H,1-2,9-10H2,(H2,18,20,26)/b19-11-/t14-/m0/s1. The Hall–Kier alpha value is -2.78. The van der Waals surface area contributed by atoms with E-state index in [2.05, 4.69) is 15.8 Å². The number of non-ortho nitro benzene ring substituents is 1. The van der Waals surface area contributed by atoms with Crippen LogP contribution in [0, 0.1) is 10.1 Å². The van der Waals surface area contributed by atoms with Gasteiger partial charge in [0, 0.05) is 30.8 Å². The summed E-state index contributed by atoms with van der Waals surface area (Å²) in [5.74, 6) is 1.13. The van der Waals surface area contributed by atoms with Crippen molar-refractivity contribution in [1.82, 2.24) is 10.7 Å². The summed E-state index contributed by atoms with van der Waals surface area (Å²) in [4.78, 5) is 10.2. The second kappa shape index (κ2) is 8.54. The lowest BCUT2D eigenvalue weighted by atomic mass is 10.1. The molecule has 0 amide bonds. The second-order valence-electron chi connectivity index (χ2n) is 5.72. The molecule has 1 aromatic heterocycles. The lowest BCUT2D eigenvalue weighted by molar-refractivity contribution is -0.384. The van der Waals surface area contributed by atoms with Crippen molar-refractivity contribution < 1.29 is 14.1 Å². The zero-order valence-electron chi connectivity index (χ0n) is 13.9. The molecule has 2 N–H and O–H groups in total. The van der Waals surface area contributed by atoms with E-state index in [0.717, 1.165) is 25.0 Å². The first-order valence-electron chi connectivity index (χ1n) is 8.15. The van der Waals surface area contributed by atoms with Gasteiger partial charge in [-0.3, -0.25) is 15.5 Å². The fourth-order valence-electron chi connectivity index (χ4n) is 2.53. The molecule has 0 radical (unpaired) electrons. The predicted molar refractivity (Wildman–Crippen MR) is 101 cm³/mol. The molecule has 3 rings (SSSR count). The van der Waals surface area contributed by atoms with Crippen molar-refractivity contribution in [2.24, 2.45) is 5.10 Å². The van der Waals surface area contributed by atoms with Crippen molar-refractivity contribution in [2.75, 3.05) is 13.2 Å². The van der Waals surface area contributed by atoms with E-state index in [4.69, 9.17) is 21.4 Å². The van der Waals surface area contributed by atoms with Crippen molar-refractivity contribution in [3.8, 4) is 11.3 Å². The first-order valence-corrected chi connectivity index (χ1v) is 8.56. The van der Waals surface area contributed by atoms with Crippen LogP contribution < -0.4 is 10.7 Å². The molecular formula is C17H18N4O4S. The van der Waals surface area contributed by atoms with Gasteiger partial charge in [-0.25, -0.2) is 0 Å². The number of hydrazone groups is 1. The van der Waals surface area contributed by atoms with Gasteiger partial charge < -0.3 is 14.5 Å². The summed E-state index contributed by atoms with van der Waals surface area (Å²) < 4.78 is 11.2. The third-order valence-electron chi connectivity index (χ3n) is 3.86. The first-order chi connectivity index (χ1) is 12.6. The highest BCUT2D eigenvalue weighted by Crippen LogP contribution is 2.23. The van der Waals surface area contributed by atoms with Gasteiger partial charge in [0.1, 0.15) is 11.5 Å². The minimum atomic E-state index is -0.439. The average Bonchev–Trinajstić information content (AvgIpc) is 3.32. The van der Waals surface area contributed by atoms with Gasteiger partial charge in [-0.05, 0) is 49.3 Å². The smallest absolute Gasteiger partial charge is 0.269 e. The zero-order valence-corrected chi connectivity index (χ0v) is 14.7. The number of hydrogen-bond acceptors (Lipinski definition) is 6. The highest BCUT2D eigenvalue weighted by Gasteiger charge is 2.15. The molecule has 1 aromatic carbocycles. The lowest BCUT2D eigenvalue weighted by Crippen LogP contribution is -2.37. The maximum absolute atomic E-state index is 10.7. The first kappa shape index (κ1) is 18.0. The summed E-state index contributed by atoms with van der Waals surface area (Å²) >= 11 is 5.14. The second-order valence-corrected chi connectivity index (χ2v) is 6.13. The van der Waals surface area contributed by atoms with E-state index in [1.807, 2.05) is 0 Å². The topological polar surface area (TPSA) is 102 Å². The molecule has 1 aliphatic heterocycles. The van der Waals surface area contributed by atoms with Crippen molar-refractivity contribution in [2.45, 2.75) is 18.9 Å². The van der Waals surface area contributed by atoms with Crippen LogP contribution in [0.15, 0.2) is 45.9 Å². The molecule has 1 aliphatic rings. The van der Waals surface area contributed by atoms with Gasteiger partial charge in [0.15, 0.2) is 5.11 Å². The van der Waals surface area contributed by atoms with Crippen LogP contribution in [-0.4, -0.2) is 35.5 Å². The quantitative estimate of drug-likeness (QED) is 0.347. The van der Waals surface area contributed by atoms with E-state index in [-0.39, 0.29) is 11.8 Å². The summed E-state index contributed by atoms with van der Waals surface area (Å²) in [5.41, 5.74) is 3.51. The normalized spacial score (nSPS) is 16.7. The number of hydrogen-bond donors (Lipinski definition) is 2. The van der Waals surface area contributed by atoms with Crippen molar-refractivity contribution in [3.63, 3.8) is 0 Å². The molecule has 8 nitrogen and oxygen atoms in total. The van der Waals surface area contributed by atoms with Crippen LogP contribution in [0.4, 0.5) is 5.69 Å². The molecule has 1 saturated heterocycles. The maximum Gasteiger partial charge on any atom is 0.269 e. The van der Waals surface area contributed by atoms with Crippen molar-refractivity contribution in [1.29, 1.82) is 0 Å². The van der Waals surface area contributed by atoms with Crippen LogP contribution in [0.1, 0.15) is 18.6 Å². The highest BCUT2D eigenvalue weighted by molar-refractivity contribution is 7.80. The predicted octanol–water partition coefficient (Wildman–Crippen LogP) is 2.83. The van der Waals surface area contributed by atoms with Crippen LogP contribution in [0.25, 0.3) is 11.3 Å². The Balaban J connectivity index is 1.50. The summed E-state index contributed by atoms with van der Waals surface area (Å²) in [6, 6.07) is 9.68. The zero-order chi connectivity index (χ0) is 18.4. The molecule has 136 valence electrons. The number of nitrogens with zero attached hydrogens (tertiary/aromatic N) is 2. The van der Waals surface area contributed by atoms with E-state index in [0.29, 0.717) is 23.2 Å². The Morgan fingerprint density at radius 2 is 2.15 bits per heavy atom. The minimum absolute atomic E-state index is 0.0373. The number of benzene rings is 1. The van der Waals surface area contributed by atoms with Crippen molar-refractivity contribution in [3.05, 3.63) is 52.3 Å². The number of nitro benzene ring substituents is 1. The molecular weight excluding hydrogens is 356 g/mol. The summed E-state index contributed by atoms with van der Waals surface area (Å²) in [6.45, 7) is 1.46. The molecule has 2 aromatic rings. The largest absolute Gasteiger partial charge is 0.455 e. The van der Waals surface area contributed by atoms with Crippen LogP contribution in [0.5, 0.6) is 0 Å². The fourth-order valence-corrected chi connectivity index (χ4v) is 2.67. The number of thiocarbonyl (C=S) groups is 1. The van der Waals surface area contributed by atoms with Gasteiger partial charge in [0.05, 0.1) is 17.2 Å². The Bertz CT molecular complexity index is 797. The molecule has 0 bridgehead atoms. The molecule has 0 unspecified atom stereocenters. The van der Waals surface area contributed by atoms with Gasteiger partial charge in [-0.15, -0.1) is 0 Å². The van der Waals surface area contributed by atoms with Crippen LogP contribution in [0.3, 0.4) is 0 Å². The Morgan fingerprint density at radius 1 is 1.35 bits per heavy atom. The van der Waals surface area contributed by atoms with Gasteiger partial charge in [-0.2, -0.15) is 5.10 Å². The molecule has 1 fully saturated rings. The Morgan fingerprint density at radius 3 is 2.85 bits per heavy atom. The minimum Gasteiger partial charge on any atom is -0.455 e. The van der Waals surface area contributed by atoms with E-state index >= 15 is 0 Å². The van der Waals surface area contributed by atoms with E-state index in [9.17, 15) is 10.1 Å². The Labute approximate surface area is 155 Å². The van der Waals surface area contributed by atoms with Gasteiger partial charge in [0.25, 0.3) is 5.69 Å². The molecule has 9 heteroatoms. The lowest BCUT2D eigenvalue weighted by Gasteiger charge is -2.11. The van der Waals surface area contributed by atoms with Crippen LogP contribution >= 0.6 is 12.2 Å². The fraction of sp³-hybridized carbons (Fsp3) is 0.294. The summed E-state index contributed by atoms with van der Waals surface area (Å²) in [6.07, 6.45) is 3.83. The van der Waals surface area contributed by atoms with E-state index in [1.165, 1.54) is 18.3 Å². The van der Waals surface area contributed by atoms with Gasteiger partial charge in [0.2, 0.25) is 0 Å². The van der Waals surface area contributed by atoms with Gasteiger partial charge >= 0.3 is 0 Å². The number of nitro groups is 1. The number of nitrogens with one attached hydrogen (secondary N) is 2. The third kappa shape index (κ3) is 4.87. The summed E-state index contributed by atoms with van der Waals surface area (Å²) in [5, 5.41) is 18.2. The number of furan rings is 1. The van der Waals surface area contributed by atoms with Crippen LogP contribution in [0.2, 0.25) is 0 Å². The third-order valence-corrected chi connectivity index (χ3v) is 4.10. The van der Waals surface area contributed by atoms with E-state index < -0.39 is 4.92 Å². The van der Waals surface area contributed by atoms with Crippen LogP contribution in [-0.2, 0) is 4.74 Å². The maximum atomic E-state index is 10.7. The van der Waals surface area contributed by atoms with E-state index in [1.54, 1.807) is 24.3 Å². The molecule has 2 heterocycles. The van der Waals surface area contributed by atoms with Crippen molar-refractivity contribution >= 4 is 29.2 Å². The molecule has 1 atom stereocenters. The number of ether oxygens (including phenoxy) is 1. The average molecular weight is 374 g/mol. The highest BCUT2D eigenvalue weighted by atomic mass is 32.1. The monoisotopic (exact) mass is 374 g/mol. The SMILES string of the molecule is O=[N+]([O-])c1ccc(-c2ccc(/C=N\NC(=S)NC[C@@H]3CCCO3)o2)cc1. The molecule has 0 spiro atoms.